The standard InChI is InChI=1S/C43H58OSi.C43H50OSi.2CH3.2ClH.Zr/c2*1-27-22-33-32(29-18-14-12-15-19-29)24-31(42(3,4)5)25-35(33)40(27)45(10,11)41-28(2)23-34-36(41)26-37(43(6,7)8)39(44-9)38(34)30-20-16-13-17-21-30;;;;;/h12-21,24-28,33-36,40-41H,22-23H2,1-11H3;12-26,40-41H,1-11H3;2*1H3;2*1H;/q;;2*-1;;;+4/p-2. The molecule has 0 aromatic heterocycles. The first kappa shape index (κ1) is 76.0. The normalized spacial score (nSPS) is 23.8. The van der Waals surface area contributed by atoms with Crippen molar-refractivity contribution in [3.05, 3.63) is 245 Å². The van der Waals surface area contributed by atoms with E-state index in [0.29, 0.717) is 40.7 Å². The number of hydrogen-bond acceptors (Lipinski definition) is 2. The fourth-order valence-electron chi connectivity index (χ4n) is 19.1. The number of allylic oxidation sites excluding steroid dienone is 9. The molecule has 12 rings (SSSR count). The van der Waals surface area contributed by atoms with Gasteiger partial charge >= 0.3 is 37.9 Å². The molecule has 0 N–H and O–H groups in total. The van der Waals surface area contributed by atoms with Crippen molar-refractivity contribution in [3.8, 4) is 28.0 Å². The summed E-state index contributed by atoms with van der Waals surface area (Å²) in [6.07, 6.45) is 15.6. The van der Waals surface area contributed by atoms with Crippen LogP contribution in [0.1, 0.15) is 179 Å². The second kappa shape index (κ2) is 29.2. The van der Waals surface area contributed by atoms with Gasteiger partial charge in [-0.3, -0.25) is 0 Å². The summed E-state index contributed by atoms with van der Waals surface area (Å²) in [6.45, 7) is 49.2. The van der Waals surface area contributed by atoms with E-state index in [9.17, 15) is 0 Å². The molecule has 0 saturated heterocycles. The topological polar surface area (TPSA) is 18.5 Å². The zero-order chi connectivity index (χ0) is 67.7. The fraction of sp³-hybridized carbons (Fsp3) is 0.432. The molecule has 2 saturated carbocycles. The minimum atomic E-state index is -2.08. The SMILES string of the molecule is COC1=C(c2ccccc2)C2CC(C)C([Si](C)(C)C3C(C)CC4C(c5ccccc5)=CC(C(C)(C)C)=CC43)C2C=C1C(C)(C)C.COc1c(C(C)(C)C)cc2c(c1-c1ccccc1)C=C(C)C2[Si](C)(C)C1C(C)=Cc2c(-c3ccccc3)cc(C(C)(C)C)cc21.[CH3-].[CH3-].[Cl][Zr+2][Cl]. The number of hydrogen-bond donors (Lipinski definition) is 0. The number of methoxy groups -OCH3 is 2. The van der Waals surface area contributed by atoms with Crippen LogP contribution in [0.25, 0.3) is 45.6 Å². The number of fused-ring (bicyclic) bond motifs is 4. The van der Waals surface area contributed by atoms with Crippen molar-refractivity contribution in [2.24, 2.45) is 46.3 Å². The maximum atomic E-state index is 6.36. The fourth-order valence-corrected chi connectivity index (χ4v) is 30.3. The van der Waals surface area contributed by atoms with Gasteiger partial charge in [-0.1, -0.05) is 304 Å². The summed E-state index contributed by atoms with van der Waals surface area (Å²) >= 11 is -0.826. The third kappa shape index (κ3) is 14.7. The monoisotopic (exact) mass is 1420 g/mol. The predicted octanol–water partition coefficient (Wildman–Crippen LogP) is 26.5. The van der Waals surface area contributed by atoms with Gasteiger partial charge in [-0.15, -0.1) is 0 Å². The van der Waals surface area contributed by atoms with Gasteiger partial charge in [-0.2, -0.15) is 0 Å². The van der Waals surface area contributed by atoms with E-state index in [1.165, 1.54) is 107 Å². The molecule has 6 aromatic rings. The Labute approximate surface area is 598 Å². The molecule has 10 atom stereocenters. The van der Waals surface area contributed by atoms with Gasteiger partial charge in [0.1, 0.15) is 11.5 Å². The van der Waals surface area contributed by atoms with Crippen LogP contribution in [0, 0.1) is 61.2 Å². The van der Waals surface area contributed by atoms with Crippen molar-refractivity contribution in [1.29, 1.82) is 0 Å². The van der Waals surface area contributed by atoms with Crippen molar-refractivity contribution < 1.29 is 30.3 Å². The van der Waals surface area contributed by atoms with E-state index in [1.807, 2.05) is 14.2 Å². The Morgan fingerprint density at radius 2 is 0.937 bits per heavy atom. The van der Waals surface area contributed by atoms with Gasteiger partial charge < -0.3 is 24.3 Å². The molecular weight excluding hydrogens is 1310 g/mol. The van der Waals surface area contributed by atoms with Gasteiger partial charge in [0.25, 0.3) is 0 Å². The molecule has 6 aliphatic rings. The van der Waals surface area contributed by atoms with Crippen LogP contribution < -0.4 is 4.74 Å². The molecule has 0 heterocycles. The zero-order valence-electron chi connectivity index (χ0n) is 62.4. The average molecular weight is 1420 g/mol. The quantitative estimate of drug-likeness (QED) is 0.101. The molecule has 0 aliphatic heterocycles. The van der Waals surface area contributed by atoms with E-state index in [0.717, 1.165) is 28.5 Å². The summed E-state index contributed by atoms with van der Waals surface area (Å²) in [6, 6.07) is 51.9. The molecule has 0 amide bonds. The van der Waals surface area contributed by atoms with Crippen LogP contribution in [0.4, 0.5) is 0 Å². The Balaban J connectivity index is 0.000000229. The maximum absolute atomic E-state index is 6.36. The van der Waals surface area contributed by atoms with E-state index >= 15 is 0 Å². The van der Waals surface area contributed by atoms with Crippen molar-refractivity contribution in [2.45, 2.75) is 183 Å². The number of ether oxygens (including phenoxy) is 2. The molecule has 95 heavy (non-hydrogen) atoms. The van der Waals surface area contributed by atoms with E-state index in [4.69, 9.17) is 26.5 Å². The first-order valence-electron chi connectivity index (χ1n) is 34.6. The summed E-state index contributed by atoms with van der Waals surface area (Å²) in [7, 11) is 9.69. The molecule has 2 nitrogen and oxygen atoms in total. The summed E-state index contributed by atoms with van der Waals surface area (Å²) in [5.74, 6) is 5.89. The molecule has 6 aliphatic carbocycles. The van der Waals surface area contributed by atoms with Crippen LogP contribution in [-0.2, 0) is 36.4 Å². The molecule has 0 bridgehead atoms. The van der Waals surface area contributed by atoms with E-state index in [1.54, 1.807) is 5.57 Å². The Bertz CT molecular complexity index is 3900. The van der Waals surface area contributed by atoms with Crippen molar-refractivity contribution in [1.82, 2.24) is 0 Å². The molecule has 10 unspecified atom stereocenters. The summed E-state index contributed by atoms with van der Waals surface area (Å²) < 4.78 is 12.6. The third-order valence-corrected chi connectivity index (χ3v) is 32.5. The molecule has 6 aromatic carbocycles. The average Bonchev–Trinajstić information content (AvgIpc) is 1.60. The molecule has 504 valence electrons. The van der Waals surface area contributed by atoms with Crippen molar-refractivity contribution >= 4 is 56.5 Å². The first-order valence-corrected chi connectivity index (χ1v) is 47.3. The summed E-state index contributed by atoms with van der Waals surface area (Å²) in [4.78, 5) is 0. The first-order chi connectivity index (χ1) is 43.7. The van der Waals surface area contributed by atoms with Crippen molar-refractivity contribution in [3.63, 3.8) is 0 Å². The number of rotatable bonds is 10. The van der Waals surface area contributed by atoms with Crippen LogP contribution in [0.15, 0.2) is 186 Å². The Hall–Kier alpha value is -4.74. The zero-order valence-corrected chi connectivity index (χ0v) is 68.4. The van der Waals surface area contributed by atoms with Crippen LogP contribution in [-0.4, -0.2) is 30.4 Å². The second-order valence-electron chi connectivity index (χ2n) is 33.8. The number of halogens is 2. The van der Waals surface area contributed by atoms with Crippen LogP contribution in [0.3, 0.4) is 0 Å². The minimum absolute atomic E-state index is 0. The van der Waals surface area contributed by atoms with Crippen molar-refractivity contribution in [2.75, 3.05) is 14.2 Å². The van der Waals surface area contributed by atoms with E-state index in [-0.39, 0.29) is 36.5 Å². The Kier molecular flexibility index (Phi) is 23.4. The molecule has 0 radical (unpaired) electrons. The Morgan fingerprint density at radius 3 is 1.40 bits per heavy atom. The second-order valence-corrected chi connectivity index (χ2v) is 47.3. The van der Waals surface area contributed by atoms with Crippen LogP contribution >= 0.6 is 17.0 Å². The summed E-state index contributed by atoms with van der Waals surface area (Å²) in [5.41, 5.74) is 27.9. The molecule has 7 heteroatoms. The van der Waals surface area contributed by atoms with Gasteiger partial charge in [0, 0.05) is 27.8 Å². The predicted molar refractivity (Wildman–Crippen MR) is 419 cm³/mol. The summed E-state index contributed by atoms with van der Waals surface area (Å²) in [5, 5.41) is 0. The number of benzene rings is 6. The van der Waals surface area contributed by atoms with E-state index < -0.39 is 37.0 Å². The van der Waals surface area contributed by atoms with Gasteiger partial charge in [-0.05, 0) is 167 Å². The molecule has 0 spiro atoms. The van der Waals surface area contributed by atoms with Gasteiger partial charge in [0.15, 0.2) is 0 Å². The molecular formula is C88H114Cl2O2Si2Zr. The Morgan fingerprint density at radius 1 is 0.484 bits per heavy atom. The van der Waals surface area contributed by atoms with Crippen LogP contribution in [0.2, 0.25) is 37.3 Å². The van der Waals surface area contributed by atoms with Gasteiger partial charge in [-0.25, -0.2) is 0 Å². The van der Waals surface area contributed by atoms with E-state index in [2.05, 4.69) is 307 Å². The van der Waals surface area contributed by atoms with Gasteiger partial charge in [0.2, 0.25) is 0 Å². The van der Waals surface area contributed by atoms with Crippen LogP contribution in [0.5, 0.6) is 5.75 Å². The molecule has 2 fully saturated rings. The van der Waals surface area contributed by atoms with Gasteiger partial charge in [0.05, 0.1) is 30.4 Å². The third-order valence-electron chi connectivity index (χ3n) is 22.7.